The summed E-state index contributed by atoms with van der Waals surface area (Å²) >= 11 is 13.0. The molecule has 0 aliphatic carbocycles. The van der Waals surface area contributed by atoms with Crippen LogP contribution in [0, 0.1) is 0 Å². The van der Waals surface area contributed by atoms with E-state index in [-0.39, 0.29) is 30.7 Å². The van der Waals surface area contributed by atoms with Crippen molar-refractivity contribution in [3.63, 3.8) is 0 Å². The third kappa shape index (κ3) is 6.35. The minimum absolute atomic E-state index is 0.00714. The maximum atomic E-state index is 12.5. The molecule has 2 atom stereocenters. The first kappa shape index (κ1) is 26.8. The van der Waals surface area contributed by atoms with Crippen LogP contribution >= 0.6 is 23.2 Å². The highest BCUT2D eigenvalue weighted by Gasteiger charge is 2.29. The van der Waals surface area contributed by atoms with Gasteiger partial charge in [-0.2, -0.15) is 0 Å². The van der Waals surface area contributed by atoms with E-state index < -0.39 is 5.97 Å². The summed E-state index contributed by atoms with van der Waals surface area (Å²) in [6.45, 7) is 2.27. The van der Waals surface area contributed by atoms with Crippen LogP contribution in [-0.4, -0.2) is 28.5 Å². The largest absolute Gasteiger partial charge is 0.481 e. The minimum atomic E-state index is -0.944. The number of H-pyrrole nitrogens is 1. The zero-order chi connectivity index (χ0) is 26.4. The lowest BCUT2D eigenvalue weighted by Gasteiger charge is -2.29. The summed E-state index contributed by atoms with van der Waals surface area (Å²) in [5.74, 6) is -1.09. The van der Waals surface area contributed by atoms with Crippen molar-refractivity contribution in [3.8, 4) is 0 Å². The molecule has 0 aliphatic heterocycles. The molecule has 4 rings (SSSR count). The molecule has 0 radical (unpaired) electrons. The lowest BCUT2D eigenvalue weighted by Crippen LogP contribution is -2.26. The number of carboxylic acids is 1. The molecule has 1 aromatic heterocycles. The molecule has 0 spiro atoms. The van der Waals surface area contributed by atoms with Gasteiger partial charge in [-0.3, -0.25) is 9.59 Å². The summed E-state index contributed by atoms with van der Waals surface area (Å²) in [5.41, 5.74) is 4.80. The highest BCUT2D eigenvalue weighted by atomic mass is 35.5. The van der Waals surface area contributed by atoms with Crippen LogP contribution < -0.4 is 5.32 Å². The average molecular weight is 537 g/mol. The van der Waals surface area contributed by atoms with Crippen molar-refractivity contribution >= 4 is 46.0 Å². The van der Waals surface area contributed by atoms with Crippen LogP contribution in [0.5, 0.6) is 0 Å². The summed E-state index contributed by atoms with van der Waals surface area (Å²) < 4.78 is 0. The van der Waals surface area contributed by atoms with Gasteiger partial charge < -0.3 is 15.4 Å². The number of hydrogen-bond donors (Lipinski definition) is 3. The van der Waals surface area contributed by atoms with Gasteiger partial charge >= 0.3 is 5.97 Å². The van der Waals surface area contributed by atoms with Gasteiger partial charge in [-0.25, -0.2) is 0 Å². The third-order valence-electron chi connectivity index (χ3n) is 6.74. The second-order valence-electron chi connectivity index (χ2n) is 9.21. The smallest absolute Gasteiger partial charge is 0.305 e. The number of amides is 1. The van der Waals surface area contributed by atoms with Crippen LogP contribution in [-0.2, 0) is 4.79 Å². The van der Waals surface area contributed by atoms with E-state index >= 15 is 0 Å². The standard InChI is InChI=1S/C30H30Cl2N2O3/c1-2-3-8-23(19-11-13-20(14-12-19)30(37)33-16-15-27(35)36)28(21-6-4-7-22(31)17-21)25-18-34-29-24(25)9-5-10-26(29)32/h4-7,9-14,17-18,23,28,34H,2-3,8,15-16H2,1H3,(H,33,37)(H,35,36). The van der Waals surface area contributed by atoms with Gasteiger partial charge in [0.2, 0.25) is 0 Å². The average Bonchev–Trinajstić information content (AvgIpc) is 3.31. The normalized spacial score (nSPS) is 12.8. The second-order valence-corrected chi connectivity index (χ2v) is 10.1. The lowest BCUT2D eigenvalue weighted by molar-refractivity contribution is -0.136. The van der Waals surface area contributed by atoms with E-state index in [0.29, 0.717) is 15.6 Å². The summed E-state index contributed by atoms with van der Waals surface area (Å²) in [6, 6.07) is 21.6. The molecule has 0 saturated carbocycles. The van der Waals surface area contributed by atoms with Crippen molar-refractivity contribution in [3.05, 3.63) is 105 Å². The van der Waals surface area contributed by atoms with E-state index in [0.717, 1.165) is 46.9 Å². The number of aliphatic carboxylic acids is 1. The fourth-order valence-corrected chi connectivity index (χ4v) is 5.37. The molecular formula is C30H30Cl2N2O3. The Hall–Kier alpha value is -3.28. The van der Waals surface area contributed by atoms with Crippen LogP contribution in [0.25, 0.3) is 10.9 Å². The Morgan fingerprint density at radius 3 is 2.46 bits per heavy atom. The molecule has 0 fully saturated rings. The fourth-order valence-electron chi connectivity index (χ4n) is 4.94. The van der Waals surface area contributed by atoms with Crippen LogP contribution in [0.3, 0.4) is 0 Å². The molecular weight excluding hydrogens is 507 g/mol. The van der Waals surface area contributed by atoms with Crippen LogP contribution in [0.4, 0.5) is 0 Å². The Balaban J connectivity index is 1.75. The number of aromatic nitrogens is 1. The maximum Gasteiger partial charge on any atom is 0.305 e. The molecule has 5 nitrogen and oxygen atoms in total. The van der Waals surface area contributed by atoms with Crippen LogP contribution in [0.15, 0.2) is 72.9 Å². The molecule has 0 bridgehead atoms. The number of fused-ring (bicyclic) bond motifs is 1. The minimum Gasteiger partial charge on any atom is -0.481 e. The zero-order valence-corrected chi connectivity index (χ0v) is 22.1. The third-order valence-corrected chi connectivity index (χ3v) is 7.29. The maximum absolute atomic E-state index is 12.5. The Morgan fingerprint density at radius 1 is 1.00 bits per heavy atom. The van der Waals surface area contributed by atoms with Crippen molar-refractivity contribution < 1.29 is 14.7 Å². The molecule has 1 amide bonds. The van der Waals surface area contributed by atoms with Gasteiger partial charge in [-0.15, -0.1) is 0 Å². The number of halogens is 2. The van der Waals surface area contributed by atoms with Gasteiger partial charge in [0.05, 0.1) is 17.0 Å². The topological polar surface area (TPSA) is 82.2 Å². The van der Waals surface area contributed by atoms with E-state index in [1.807, 2.05) is 60.8 Å². The van der Waals surface area contributed by atoms with Crippen molar-refractivity contribution in [1.82, 2.24) is 10.3 Å². The number of carbonyl (C=O) groups excluding carboxylic acids is 1. The zero-order valence-electron chi connectivity index (χ0n) is 20.6. The van der Waals surface area contributed by atoms with Crippen LogP contribution in [0.2, 0.25) is 10.0 Å². The number of carboxylic acid groups (broad SMARTS) is 1. The van der Waals surface area contributed by atoms with Gasteiger partial charge in [0.1, 0.15) is 0 Å². The van der Waals surface area contributed by atoms with Crippen LogP contribution in [0.1, 0.15) is 71.5 Å². The van der Waals surface area contributed by atoms with E-state index in [4.69, 9.17) is 28.3 Å². The SMILES string of the molecule is CCCCC(c1ccc(C(=O)NCCC(=O)O)cc1)C(c1cccc(Cl)c1)c1c[nH]c2c(Cl)cccc12. The predicted molar refractivity (Wildman–Crippen MR) is 150 cm³/mol. The molecule has 1 heterocycles. The van der Waals surface area contributed by atoms with Gasteiger partial charge in [-0.05, 0) is 59.4 Å². The highest BCUT2D eigenvalue weighted by molar-refractivity contribution is 6.35. The predicted octanol–water partition coefficient (Wildman–Crippen LogP) is 7.79. The van der Waals surface area contributed by atoms with E-state index in [2.05, 4.69) is 29.4 Å². The fraction of sp³-hybridized carbons (Fsp3) is 0.267. The summed E-state index contributed by atoms with van der Waals surface area (Å²) in [5, 5.41) is 13.9. The number of carbonyl (C=O) groups is 2. The van der Waals surface area contributed by atoms with Gasteiger partial charge in [0, 0.05) is 34.6 Å². The van der Waals surface area contributed by atoms with Gasteiger partial charge in [-0.1, -0.05) is 79.4 Å². The van der Waals surface area contributed by atoms with E-state index in [1.165, 1.54) is 0 Å². The van der Waals surface area contributed by atoms with Crippen molar-refractivity contribution in [2.75, 3.05) is 6.54 Å². The Morgan fingerprint density at radius 2 is 1.76 bits per heavy atom. The van der Waals surface area contributed by atoms with E-state index in [1.54, 1.807) is 0 Å². The summed E-state index contributed by atoms with van der Waals surface area (Å²) in [4.78, 5) is 26.6. The quantitative estimate of drug-likeness (QED) is 0.183. The Labute approximate surface area is 226 Å². The summed E-state index contributed by atoms with van der Waals surface area (Å²) in [7, 11) is 0. The highest BCUT2D eigenvalue weighted by Crippen LogP contribution is 2.45. The molecule has 0 aliphatic rings. The van der Waals surface area contributed by atoms with E-state index in [9.17, 15) is 9.59 Å². The number of aromatic amines is 1. The Kier molecular flexibility index (Phi) is 8.91. The van der Waals surface area contributed by atoms with Crippen molar-refractivity contribution in [1.29, 1.82) is 0 Å². The summed E-state index contributed by atoms with van der Waals surface area (Å²) in [6.07, 6.45) is 4.99. The number of hydrogen-bond acceptors (Lipinski definition) is 2. The Bertz CT molecular complexity index is 1380. The number of unbranched alkanes of at least 4 members (excludes halogenated alkanes) is 1. The number of rotatable bonds is 11. The molecule has 3 N–H and O–H groups in total. The first-order valence-corrected chi connectivity index (χ1v) is 13.3. The second kappa shape index (κ2) is 12.3. The van der Waals surface area contributed by atoms with Crippen molar-refractivity contribution in [2.45, 2.75) is 44.4 Å². The lowest BCUT2D eigenvalue weighted by atomic mass is 9.74. The first-order valence-electron chi connectivity index (χ1n) is 12.5. The van der Waals surface area contributed by atoms with Crippen molar-refractivity contribution in [2.24, 2.45) is 0 Å². The number of benzene rings is 3. The van der Waals surface area contributed by atoms with Gasteiger partial charge in [0.15, 0.2) is 0 Å². The van der Waals surface area contributed by atoms with Gasteiger partial charge in [0.25, 0.3) is 5.91 Å². The number of para-hydroxylation sites is 1. The molecule has 192 valence electrons. The molecule has 3 aromatic carbocycles. The molecule has 37 heavy (non-hydrogen) atoms. The monoisotopic (exact) mass is 536 g/mol. The molecule has 2 unspecified atom stereocenters. The first-order chi connectivity index (χ1) is 17.9. The molecule has 4 aromatic rings. The molecule has 7 heteroatoms. The molecule has 0 saturated heterocycles. The number of nitrogens with one attached hydrogen (secondary N) is 2.